The SMILES string of the molecule is O=C(O)C1=C(C[n+]2ccc(CCS(=O)(=O)O)cc2)CS[C@@H]2[C@@H](NC(=O)[C@H](NC(=O)c3nc[nH]c3C(=O)O)c3ccccc3)C(=O)N12. The lowest BCUT2D eigenvalue weighted by atomic mass is 10.0. The van der Waals surface area contributed by atoms with E-state index in [0.29, 0.717) is 16.7 Å². The van der Waals surface area contributed by atoms with E-state index in [1.54, 1.807) is 59.4 Å². The number of β-lactam (4-membered cyclic amide) rings is 1. The zero-order valence-electron chi connectivity index (χ0n) is 23.7. The number of H-pyrrole nitrogens is 1. The summed E-state index contributed by atoms with van der Waals surface area (Å²) >= 11 is 1.25. The van der Waals surface area contributed by atoms with E-state index in [1.807, 2.05) is 0 Å². The van der Waals surface area contributed by atoms with Gasteiger partial charge in [0.15, 0.2) is 30.3 Å². The van der Waals surface area contributed by atoms with E-state index in [1.165, 1.54) is 11.8 Å². The largest absolute Gasteiger partial charge is 0.477 e. The summed E-state index contributed by atoms with van der Waals surface area (Å²) in [5.74, 6) is -5.35. The van der Waals surface area contributed by atoms with E-state index in [9.17, 15) is 42.6 Å². The number of carbonyl (C=O) groups is 5. The average Bonchev–Trinajstić information content (AvgIpc) is 3.52. The Balaban J connectivity index is 1.31. The molecule has 0 aliphatic carbocycles. The summed E-state index contributed by atoms with van der Waals surface area (Å²) in [7, 11) is -4.12. The smallest absolute Gasteiger partial charge is 0.354 e. The molecule has 2 aliphatic rings. The molecular weight excluding hydrogens is 644 g/mol. The maximum atomic E-state index is 13.5. The number of aromatic nitrogens is 3. The number of aromatic amines is 1. The molecule has 3 aromatic rings. The highest BCUT2D eigenvalue weighted by Crippen LogP contribution is 2.40. The zero-order valence-corrected chi connectivity index (χ0v) is 25.3. The van der Waals surface area contributed by atoms with Crippen LogP contribution >= 0.6 is 11.8 Å². The van der Waals surface area contributed by atoms with Crippen LogP contribution in [0.3, 0.4) is 0 Å². The molecule has 18 heteroatoms. The third-order valence-electron chi connectivity index (χ3n) is 7.27. The minimum Gasteiger partial charge on any atom is -0.477 e. The van der Waals surface area contributed by atoms with Gasteiger partial charge in [0.1, 0.15) is 23.2 Å². The fourth-order valence-corrected chi connectivity index (χ4v) is 6.87. The number of aromatic carboxylic acids is 1. The van der Waals surface area contributed by atoms with Gasteiger partial charge in [-0.15, -0.1) is 11.8 Å². The predicted octanol–water partition coefficient (Wildman–Crippen LogP) is -0.264. The minimum atomic E-state index is -4.12. The highest BCUT2D eigenvalue weighted by molar-refractivity contribution is 8.00. The molecule has 2 aromatic heterocycles. The Hall–Kier alpha value is -5.07. The van der Waals surface area contributed by atoms with Gasteiger partial charge in [-0.25, -0.2) is 19.1 Å². The molecule has 0 saturated carbocycles. The van der Waals surface area contributed by atoms with Crippen molar-refractivity contribution in [2.24, 2.45) is 0 Å². The number of benzene rings is 1. The molecule has 3 amide bonds. The Morgan fingerprint density at radius 3 is 2.41 bits per heavy atom. The molecule has 0 unspecified atom stereocenters. The monoisotopic (exact) mass is 671 g/mol. The standard InChI is InChI=1S/C28H26N6O10S2/c35-23(18(16-4-2-1-3-5-16)31-24(36)19-20(27(38)39)30-14-29-19)32-21-25(37)34-22(28(40)41)17(13-45-26(21)34)12-33-9-6-15(7-10-33)8-11-46(42,43)44/h1-7,9-10,14,18,21,26H,8,11-13H2,(H5-,29,30,31,32,35,36,38,39,40,41,42,43,44)/p+1/t18-,21+,26-/m1/s1. The number of fused-ring (bicyclic) bond motifs is 1. The van der Waals surface area contributed by atoms with Crippen LogP contribution in [-0.4, -0.2) is 90.6 Å². The normalized spacial score (nSPS) is 18.3. The van der Waals surface area contributed by atoms with Crippen molar-refractivity contribution >= 4 is 51.5 Å². The topological polar surface area (TPSA) is 240 Å². The Morgan fingerprint density at radius 2 is 1.78 bits per heavy atom. The number of nitrogens with zero attached hydrogens (tertiary/aromatic N) is 3. The second-order valence-electron chi connectivity index (χ2n) is 10.3. The van der Waals surface area contributed by atoms with Crippen LogP contribution in [0, 0.1) is 0 Å². The number of carboxylic acid groups (broad SMARTS) is 2. The molecule has 240 valence electrons. The lowest BCUT2D eigenvalue weighted by Gasteiger charge is -2.49. The quantitative estimate of drug-likeness (QED) is 0.0829. The Bertz CT molecular complexity index is 1840. The van der Waals surface area contributed by atoms with Crippen LogP contribution in [0.1, 0.15) is 38.1 Å². The van der Waals surface area contributed by atoms with E-state index in [0.717, 1.165) is 11.2 Å². The summed E-state index contributed by atoms with van der Waals surface area (Å²) < 4.78 is 32.7. The van der Waals surface area contributed by atoms with Crippen LogP contribution < -0.4 is 15.2 Å². The summed E-state index contributed by atoms with van der Waals surface area (Å²) in [4.78, 5) is 70.7. The minimum absolute atomic E-state index is 0.0941. The van der Waals surface area contributed by atoms with Crippen molar-refractivity contribution in [1.82, 2.24) is 25.5 Å². The molecule has 0 radical (unpaired) electrons. The summed E-state index contributed by atoms with van der Waals surface area (Å²) in [6.07, 6.45) is 4.38. The van der Waals surface area contributed by atoms with Gasteiger partial charge in [0.05, 0.1) is 12.1 Å². The number of amides is 3. The van der Waals surface area contributed by atoms with Crippen molar-refractivity contribution in [3.05, 3.63) is 95.0 Å². The molecule has 0 bridgehead atoms. The second kappa shape index (κ2) is 13.1. The van der Waals surface area contributed by atoms with Crippen molar-refractivity contribution < 1.29 is 51.7 Å². The summed E-state index contributed by atoms with van der Waals surface area (Å²) in [5, 5.41) is 23.7. The highest BCUT2D eigenvalue weighted by atomic mass is 32.2. The van der Waals surface area contributed by atoms with E-state index in [-0.39, 0.29) is 24.4 Å². The second-order valence-corrected chi connectivity index (χ2v) is 13.0. The number of imidazole rings is 1. The van der Waals surface area contributed by atoms with Gasteiger partial charge >= 0.3 is 11.9 Å². The van der Waals surface area contributed by atoms with E-state index in [2.05, 4.69) is 20.6 Å². The fraction of sp³-hybridized carbons (Fsp3) is 0.250. The first-order valence-corrected chi connectivity index (χ1v) is 16.3. The van der Waals surface area contributed by atoms with E-state index < -0.39 is 74.4 Å². The average molecular weight is 672 g/mol. The molecule has 1 aromatic carbocycles. The number of hydrogen-bond donors (Lipinski definition) is 6. The van der Waals surface area contributed by atoms with Crippen molar-refractivity contribution in [1.29, 1.82) is 0 Å². The lowest BCUT2D eigenvalue weighted by Crippen LogP contribution is -2.71. The Kier molecular flexibility index (Phi) is 9.22. The maximum absolute atomic E-state index is 13.5. The number of rotatable bonds is 12. The number of pyridine rings is 1. The summed E-state index contributed by atoms with van der Waals surface area (Å²) in [6.45, 7) is 0.119. The first-order chi connectivity index (χ1) is 21.8. The van der Waals surface area contributed by atoms with Crippen LogP contribution in [0.2, 0.25) is 0 Å². The molecule has 16 nitrogen and oxygen atoms in total. The first-order valence-electron chi connectivity index (χ1n) is 13.6. The molecule has 1 saturated heterocycles. The summed E-state index contributed by atoms with van der Waals surface area (Å²) in [5.41, 5.74) is 0.301. The number of thioether (sulfide) groups is 1. The number of carbonyl (C=O) groups excluding carboxylic acids is 3. The van der Waals surface area contributed by atoms with Crippen LogP contribution in [-0.2, 0) is 37.5 Å². The van der Waals surface area contributed by atoms with Crippen molar-refractivity contribution in [2.75, 3.05) is 11.5 Å². The van der Waals surface area contributed by atoms with Crippen LogP contribution in [0.4, 0.5) is 0 Å². The third-order valence-corrected chi connectivity index (χ3v) is 9.33. The highest BCUT2D eigenvalue weighted by Gasteiger charge is 2.55. The van der Waals surface area contributed by atoms with Gasteiger partial charge in [0.2, 0.25) is 5.91 Å². The van der Waals surface area contributed by atoms with Crippen molar-refractivity contribution in [2.45, 2.75) is 30.4 Å². The molecule has 6 N–H and O–H groups in total. The molecule has 46 heavy (non-hydrogen) atoms. The molecule has 2 aliphatic heterocycles. The van der Waals surface area contributed by atoms with E-state index in [4.69, 9.17) is 4.55 Å². The van der Waals surface area contributed by atoms with Gasteiger partial charge in [-0.05, 0) is 17.5 Å². The predicted molar refractivity (Wildman–Crippen MR) is 159 cm³/mol. The zero-order chi connectivity index (χ0) is 33.2. The summed E-state index contributed by atoms with van der Waals surface area (Å²) in [6, 6.07) is 8.91. The lowest BCUT2D eigenvalue weighted by molar-refractivity contribution is -0.689. The van der Waals surface area contributed by atoms with Crippen molar-refractivity contribution in [3.63, 3.8) is 0 Å². The number of hydrogen-bond acceptors (Lipinski definition) is 9. The van der Waals surface area contributed by atoms with E-state index >= 15 is 0 Å². The van der Waals surface area contributed by atoms with Crippen LogP contribution in [0.25, 0.3) is 0 Å². The van der Waals surface area contributed by atoms with Gasteiger partial charge in [-0.2, -0.15) is 8.42 Å². The maximum Gasteiger partial charge on any atom is 0.354 e. The Morgan fingerprint density at radius 1 is 1.09 bits per heavy atom. The number of carboxylic acids is 2. The van der Waals surface area contributed by atoms with Crippen LogP contribution in [0.15, 0.2) is 72.5 Å². The Labute approximate surface area is 265 Å². The molecular formula is C28H27N6O10S2+. The first kappa shape index (κ1) is 32.3. The van der Waals surface area contributed by atoms with Gasteiger partial charge in [0, 0.05) is 23.5 Å². The number of nitrogens with one attached hydrogen (secondary N) is 3. The molecule has 1 fully saturated rings. The third kappa shape index (κ3) is 6.93. The van der Waals surface area contributed by atoms with Crippen LogP contribution in [0.5, 0.6) is 0 Å². The molecule has 0 spiro atoms. The fourth-order valence-electron chi connectivity index (χ4n) is 5.04. The molecule has 5 rings (SSSR count). The number of aryl methyl sites for hydroxylation is 1. The van der Waals surface area contributed by atoms with Gasteiger partial charge in [-0.1, -0.05) is 30.3 Å². The van der Waals surface area contributed by atoms with Crippen molar-refractivity contribution in [3.8, 4) is 0 Å². The molecule has 4 heterocycles. The van der Waals surface area contributed by atoms with Gasteiger partial charge in [0.25, 0.3) is 21.9 Å². The van der Waals surface area contributed by atoms with Gasteiger partial charge in [-0.3, -0.25) is 23.8 Å². The number of aliphatic carboxylic acids is 1. The van der Waals surface area contributed by atoms with Gasteiger partial charge < -0.3 is 25.8 Å². The molecule has 3 atom stereocenters.